The van der Waals surface area contributed by atoms with E-state index in [1.165, 1.54) is 12.5 Å². The maximum atomic E-state index is 13.0. The van der Waals surface area contributed by atoms with Crippen molar-refractivity contribution in [2.45, 2.75) is 143 Å². The van der Waals surface area contributed by atoms with Crippen molar-refractivity contribution < 1.29 is 49.0 Å². The van der Waals surface area contributed by atoms with Gasteiger partial charge in [-0.15, -0.1) is 0 Å². The topological polar surface area (TPSA) is 160 Å². The number of aliphatic carboxylic acids is 2. The summed E-state index contributed by atoms with van der Waals surface area (Å²) in [4.78, 5) is 37.3. The molecule has 13 atom stereocenters. The predicted molar refractivity (Wildman–Crippen MR) is 171 cm³/mol. The monoisotopic (exact) mass is 660 g/mol. The van der Waals surface area contributed by atoms with Crippen LogP contribution >= 0.6 is 0 Å². The molecule has 47 heavy (non-hydrogen) atoms. The Hall–Kier alpha value is -2.01. The first kappa shape index (κ1) is 34.8. The van der Waals surface area contributed by atoms with E-state index < -0.39 is 53.3 Å². The minimum atomic E-state index is -1.30. The summed E-state index contributed by atoms with van der Waals surface area (Å²) in [7, 11) is 0. The van der Waals surface area contributed by atoms with E-state index >= 15 is 0 Å². The molecular weight excluding hydrogens is 604 g/mol. The highest BCUT2D eigenvalue weighted by Gasteiger charge is 2.70. The van der Waals surface area contributed by atoms with Gasteiger partial charge in [0.2, 0.25) is 0 Å². The quantitative estimate of drug-likeness (QED) is 0.172. The Kier molecular flexibility index (Phi) is 8.34. The van der Waals surface area contributed by atoms with E-state index in [2.05, 4.69) is 40.7 Å². The molecule has 264 valence electrons. The minimum Gasteiger partial charge on any atom is -0.481 e. The standard InChI is InChI=1S/C37H56O10/c1-20(38)46-28-27(40)23(39)19-45-29(28)47-26-11-12-34(5)24(32(26,2)3)10-13-36(7)25(34)9-8-21-22-18-33(4,30(41)42)14-16-37(22,31(43)44)17-15-35(21,36)6/h8,22-29,39-40H,9-19H2,1-7H3,(H,41,42)(H,43,44)/t22-,23-,24?,25-,26+,27+,28-,29+,33?,34+,35-,36-,37+/m1/s1. The van der Waals surface area contributed by atoms with E-state index in [1.54, 1.807) is 6.92 Å². The van der Waals surface area contributed by atoms with Crippen molar-refractivity contribution >= 4 is 17.9 Å². The lowest BCUT2D eigenvalue weighted by Crippen LogP contribution is -2.66. The van der Waals surface area contributed by atoms with Gasteiger partial charge in [0.15, 0.2) is 12.4 Å². The average Bonchev–Trinajstić information content (AvgIpc) is 2.98. The Morgan fingerprint density at radius 3 is 2.19 bits per heavy atom. The lowest BCUT2D eigenvalue weighted by Gasteiger charge is -2.71. The highest BCUT2D eigenvalue weighted by Crippen LogP contribution is 2.76. The number of carboxylic acids is 2. The van der Waals surface area contributed by atoms with Crippen LogP contribution in [0.1, 0.15) is 113 Å². The molecule has 10 nitrogen and oxygen atoms in total. The van der Waals surface area contributed by atoms with Crippen molar-refractivity contribution in [2.75, 3.05) is 6.61 Å². The molecule has 6 aliphatic rings. The van der Waals surface area contributed by atoms with Crippen LogP contribution in [0.15, 0.2) is 11.6 Å². The fourth-order valence-corrected chi connectivity index (χ4v) is 12.2. The van der Waals surface area contributed by atoms with Crippen molar-refractivity contribution in [3.63, 3.8) is 0 Å². The second-order valence-corrected chi connectivity index (χ2v) is 17.7. The van der Waals surface area contributed by atoms with Crippen molar-refractivity contribution in [1.82, 2.24) is 0 Å². The second kappa shape index (κ2) is 11.3. The summed E-state index contributed by atoms with van der Waals surface area (Å²) in [5.74, 6) is -1.81. The van der Waals surface area contributed by atoms with Crippen molar-refractivity contribution in [3.8, 4) is 0 Å². The molecule has 4 N–H and O–H groups in total. The summed E-state index contributed by atoms with van der Waals surface area (Å²) in [6, 6.07) is 0. The molecule has 5 fully saturated rings. The number of esters is 1. The maximum Gasteiger partial charge on any atom is 0.310 e. The number of rotatable bonds is 5. The number of carbonyl (C=O) groups excluding carboxylic acids is 1. The lowest BCUT2D eigenvalue weighted by molar-refractivity contribution is -0.310. The normalized spacial score (nSPS) is 50.4. The van der Waals surface area contributed by atoms with E-state index in [0.717, 1.165) is 38.5 Å². The molecule has 1 saturated heterocycles. The van der Waals surface area contributed by atoms with Gasteiger partial charge in [-0.3, -0.25) is 14.4 Å². The number of hydrogen-bond donors (Lipinski definition) is 4. The SMILES string of the molecule is CC(=O)O[C@H]1[C@H](O[C@H]2CC[C@@]3(C)C(CC[C@]4(C)[C@@H]3CC=C3[C@H]5CC(C)(C(=O)O)CC[C@]5(C(=O)O)CC[C@]34C)C2(C)C)OC[C@@H](O)[C@@H]1O. The highest BCUT2D eigenvalue weighted by atomic mass is 16.7. The molecule has 10 heteroatoms. The minimum absolute atomic E-state index is 0.0245. The zero-order valence-electron chi connectivity index (χ0n) is 29.2. The van der Waals surface area contributed by atoms with E-state index in [0.29, 0.717) is 37.5 Å². The fraction of sp³-hybridized carbons (Fsp3) is 0.865. The summed E-state index contributed by atoms with van der Waals surface area (Å²) >= 11 is 0. The van der Waals surface area contributed by atoms with Gasteiger partial charge in [-0.2, -0.15) is 0 Å². The van der Waals surface area contributed by atoms with Crippen LogP contribution < -0.4 is 0 Å². The molecule has 0 aromatic heterocycles. The smallest absolute Gasteiger partial charge is 0.310 e. The summed E-state index contributed by atoms with van der Waals surface area (Å²) in [5.41, 5.74) is -1.26. The molecule has 2 unspecified atom stereocenters. The summed E-state index contributed by atoms with van der Waals surface area (Å²) in [6.07, 6.45) is 4.54. The number of hydrogen-bond acceptors (Lipinski definition) is 8. The van der Waals surface area contributed by atoms with Crippen molar-refractivity contribution in [3.05, 3.63) is 11.6 Å². The van der Waals surface area contributed by atoms with Crippen LogP contribution in [-0.4, -0.2) is 75.6 Å². The molecule has 1 aliphatic heterocycles. The van der Waals surface area contributed by atoms with E-state index in [-0.39, 0.29) is 40.3 Å². The highest BCUT2D eigenvalue weighted by molar-refractivity contribution is 5.79. The maximum absolute atomic E-state index is 13.0. The first-order valence-electron chi connectivity index (χ1n) is 17.7. The van der Waals surface area contributed by atoms with E-state index in [1.807, 2.05) is 0 Å². The van der Waals surface area contributed by atoms with Crippen LogP contribution in [0.3, 0.4) is 0 Å². The van der Waals surface area contributed by atoms with Gasteiger partial charge in [0.25, 0.3) is 0 Å². The van der Waals surface area contributed by atoms with Crippen LogP contribution in [0.2, 0.25) is 0 Å². The molecule has 1 heterocycles. The number of carbonyl (C=O) groups is 3. The molecule has 0 amide bonds. The predicted octanol–water partition coefficient (Wildman–Crippen LogP) is 5.33. The molecule has 0 radical (unpaired) electrons. The van der Waals surface area contributed by atoms with Gasteiger partial charge in [-0.25, -0.2) is 0 Å². The fourth-order valence-electron chi connectivity index (χ4n) is 12.2. The third-order valence-electron chi connectivity index (χ3n) is 15.3. The molecular formula is C37H56O10. The first-order chi connectivity index (χ1) is 21.8. The number of carboxylic acid groups (broad SMARTS) is 2. The van der Waals surface area contributed by atoms with Crippen LogP contribution in [-0.2, 0) is 28.6 Å². The van der Waals surface area contributed by atoms with Gasteiger partial charge in [0.1, 0.15) is 12.2 Å². The number of fused-ring (bicyclic) bond motifs is 7. The number of ether oxygens (including phenoxy) is 3. The number of allylic oxidation sites excluding steroid dienone is 2. The van der Waals surface area contributed by atoms with Crippen LogP contribution in [0, 0.1) is 50.2 Å². The Balaban J connectivity index is 1.30. The third kappa shape index (κ3) is 4.89. The Morgan fingerprint density at radius 2 is 1.55 bits per heavy atom. The van der Waals surface area contributed by atoms with Gasteiger partial charge in [-0.05, 0) is 111 Å². The summed E-state index contributed by atoms with van der Waals surface area (Å²) in [5, 5.41) is 41.7. The van der Waals surface area contributed by atoms with Crippen LogP contribution in [0.5, 0.6) is 0 Å². The Morgan fingerprint density at radius 1 is 0.872 bits per heavy atom. The zero-order valence-corrected chi connectivity index (χ0v) is 29.2. The van der Waals surface area contributed by atoms with E-state index in [4.69, 9.17) is 14.2 Å². The van der Waals surface area contributed by atoms with Gasteiger partial charge >= 0.3 is 17.9 Å². The molecule has 0 spiro atoms. The third-order valence-corrected chi connectivity index (χ3v) is 15.3. The summed E-state index contributed by atoms with van der Waals surface area (Å²) < 4.78 is 17.8. The Bertz CT molecular complexity index is 1340. The van der Waals surface area contributed by atoms with Gasteiger partial charge in [-0.1, -0.05) is 46.3 Å². The van der Waals surface area contributed by atoms with Crippen molar-refractivity contribution in [2.24, 2.45) is 50.2 Å². The van der Waals surface area contributed by atoms with Crippen molar-refractivity contribution in [1.29, 1.82) is 0 Å². The lowest BCUT2D eigenvalue weighted by atomic mass is 9.33. The molecule has 0 aromatic rings. The summed E-state index contributed by atoms with van der Waals surface area (Å²) in [6.45, 7) is 14.7. The van der Waals surface area contributed by atoms with Crippen LogP contribution in [0.25, 0.3) is 0 Å². The molecule has 5 aliphatic carbocycles. The van der Waals surface area contributed by atoms with Gasteiger partial charge in [0, 0.05) is 6.92 Å². The zero-order chi connectivity index (χ0) is 34.5. The molecule has 4 saturated carbocycles. The average molecular weight is 661 g/mol. The largest absolute Gasteiger partial charge is 0.481 e. The number of aliphatic hydroxyl groups excluding tert-OH is 2. The van der Waals surface area contributed by atoms with E-state index in [9.17, 15) is 34.8 Å². The molecule has 0 aromatic carbocycles. The van der Waals surface area contributed by atoms with Gasteiger partial charge in [0.05, 0.1) is 23.5 Å². The molecule has 0 bridgehead atoms. The number of aliphatic hydroxyl groups is 2. The molecule has 6 rings (SSSR count). The second-order valence-electron chi connectivity index (χ2n) is 17.7. The van der Waals surface area contributed by atoms with Crippen LogP contribution in [0.4, 0.5) is 0 Å². The Labute approximate surface area is 278 Å². The van der Waals surface area contributed by atoms with Gasteiger partial charge < -0.3 is 34.6 Å². The first-order valence-corrected chi connectivity index (χ1v) is 17.7.